The van der Waals surface area contributed by atoms with E-state index in [0.29, 0.717) is 6.54 Å². The van der Waals surface area contributed by atoms with Crippen molar-refractivity contribution in [1.29, 1.82) is 0 Å². The van der Waals surface area contributed by atoms with Crippen molar-refractivity contribution in [2.45, 2.75) is 26.5 Å². The topological polar surface area (TPSA) is 36.4 Å². The molecule has 3 heteroatoms. The highest BCUT2D eigenvalue weighted by atomic mass is 16.3. The van der Waals surface area contributed by atoms with Gasteiger partial charge in [-0.2, -0.15) is 0 Å². The molecule has 0 aromatic carbocycles. The van der Waals surface area contributed by atoms with Gasteiger partial charge >= 0.3 is 0 Å². The van der Waals surface area contributed by atoms with Crippen molar-refractivity contribution in [2.24, 2.45) is 0 Å². The maximum absolute atomic E-state index is 9.21. The molecule has 1 atom stereocenters. The number of likely N-dealkylation sites (N-methyl/N-ethyl adjacent to an activating group) is 1. The summed E-state index contributed by atoms with van der Waals surface area (Å²) >= 11 is 0. The quantitative estimate of drug-likeness (QED) is 0.782. The normalized spacial score (nSPS) is 13.2. The van der Waals surface area contributed by atoms with E-state index in [0.717, 1.165) is 12.2 Å². The van der Waals surface area contributed by atoms with Crippen molar-refractivity contribution in [2.75, 3.05) is 13.6 Å². The number of nitrogens with zero attached hydrogens (tertiary/aromatic N) is 2. The summed E-state index contributed by atoms with van der Waals surface area (Å²) in [4.78, 5) is 6.37. The lowest BCUT2D eigenvalue weighted by Gasteiger charge is -2.18. The van der Waals surface area contributed by atoms with Crippen LogP contribution in [0.4, 0.5) is 0 Å². The third kappa shape index (κ3) is 3.44. The molecule has 1 heterocycles. The molecule has 0 amide bonds. The Hall–Kier alpha value is -0.930. The second-order valence-electron chi connectivity index (χ2n) is 3.81. The molecule has 78 valence electrons. The summed E-state index contributed by atoms with van der Waals surface area (Å²) in [6.45, 7) is 5.31. The summed E-state index contributed by atoms with van der Waals surface area (Å²) in [6.07, 6.45) is 1.52. The van der Waals surface area contributed by atoms with E-state index in [4.69, 9.17) is 0 Å². The molecule has 3 nitrogen and oxygen atoms in total. The minimum Gasteiger partial charge on any atom is -0.392 e. The third-order valence-corrected chi connectivity index (χ3v) is 2.11. The number of rotatable bonds is 4. The van der Waals surface area contributed by atoms with Gasteiger partial charge in [0.25, 0.3) is 0 Å². The average Bonchev–Trinajstić information content (AvgIpc) is 2.07. The molecule has 1 rings (SSSR count). The summed E-state index contributed by atoms with van der Waals surface area (Å²) in [5.41, 5.74) is 2.28. The Balaban J connectivity index is 2.56. The second-order valence-corrected chi connectivity index (χ2v) is 3.81. The van der Waals surface area contributed by atoms with Crippen LogP contribution < -0.4 is 0 Å². The standard InChI is InChI=1S/C11H18N2O/c1-9-5-4-6-12-11(9)8-13(3)7-10(2)14/h4-6,10,14H,7-8H2,1-3H3. The first-order valence-corrected chi connectivity index (χ1v) is 4.86. The van der Waals surface area contributed by atoms with E-state index in [1.807, 2.05) is 13.1 Å². The molecule has 0 aliphatic carbocycles. The van der Waals surface area contributed by atoms with Gasteiger partial charge in [-0.15, -0.1) is 0 Å². The molecule has 1 aromatic heterocycles. The van der Waals surface area contributed by atoms with Crippen LogP contribution in [0.3, 0.4) is 0 Å². The first kappa shape index (κ1) is 11.1. The summed E-state index contributed by atoms with van der Waals surface area (Å²) in [6, 6.07) is 3.99. The van der Waals surface area contributed by atoms with Crippen molar-refractivity contribution in [1.82, 2.24) is 9.88 Å². The van der Waals surface area contributed by atoms with Crippen LogP contribution in [-0.4, -0.2) is 34.7 Å². The zero-order valence-corrected chi connectivity index (χ0v) is 9.07. The number of aliphatic hydroxyl groups excluding tert-OH is 1. The zero-order valence-electron chi connectivity index (χ0n) is 9.07. The van der Waals surface area contributed by atoms with E-state index in [1.165, 1.54) is 5.56 Å². The van der Waals surface area contributed by atoms with Gasteiger partial charge in [0.15, 0.2) is 0 Å². The van der Waals surface area contributed by atoms with Crippen molar-refractivity contribution in [3.8, 4) is 0 Å². The smallest absolute Gasteiger partial charge is 0.0639 e. The average molecular weight is 194 g/mol. The van der Waals surface area contributed by atoms with Crippen molar-refractivity contribution in [3.05, 3.63) is 29.6 Å². The number of aryl methyl sites for hydroxylation is 1. The predicted octanol–water partition coefficient (Wildman–Crippen LogP) is 1.20. The summed E-state index contributed by atoms with van der Waals surface area (Å²) in [5.74, 6) is 0. The van der Waals surface area contributed by atoms with Crippen molar-refractivity contribution in [3.63, 3.8) is 0 Å². The Kier molecular flexibility index (Phi) is 4.04. The highest BCUT2D eigenvalue weighted by Crippen LogP contribution is 2.06. The molecule has 0 saturated heterocycles. The SMILES string of the molecule is Cc1cccnc1CN(C)CC(C)O. The van der Waals surface area contributed by atoms with E-state index in [2.05, 4.69) is 22.9 Å². The Bertz CT molecular complexity index is 286. The highest BCUT2D eigenvalue weighted by Gasteiger charge is 2.05. The van der Waals surface area contributed by atoms with Gasteiger partial charge in [0.1, 0.15) is 0 Å². The maximum atomic E-state index is 9.21. The number of hydrogen-bond acceptors (Lipinski definition) is 3. The fourth-order valence-corrected chi connectivity index (χ4v) is 1.46. The molecule has 0 bridgehead atoms. The second kappa shape index (κ2) is 5.08. The van der Waals surface area contributed by atoms with Crippen LogP contribution in [0, 0.1) is 6.92 Å². The molecule has 0 radical (unpaired) electrons. The van der Waals surface area contributed by atoms with Gasteiger partial charge in [0, 0.05) is 19.3 Å². The lowest BCUT2D eigenvalue weighted by molar-refractivity contribution is 0.137. The fraction of sp³-hybridized carbons (Fsp3) is 0.545. The van der Waals surface area contributed by atoms with Gasteiger partial charge in [0.2, 0.25) is 0 Å². The lowest BCUT2D eigenvalue weighted by atomic mass is 10.2. The Morgan fingerprint density at radius 1 is 1.57 bits per heavy atom. The van der Waals surface area contributed by atoms with Gasteiger partial charge in [-0.05, 0) is 32.5 Å². The molecule has 0 aliphatic heterocycles. The van der Waals surface area contributed by atoms with Crippen LogP contribution in [0.1, 0.15) is 18.2 Å². The van der Waals surface area contributed by atoms with Crippen LogP contribution >= 0.6 is 0 Å². The Morgan fingerprint density at radius 3 is 2.86 bits per heavy atom. The monoisotopic (exact) mass is 194 g/mol. The molecule has 0 spiro atoms. The minimum atomic E-state index is -0.288. The zero-order chi connectivity index (χ0) is 10.6. The van der Waals surface area contributed by atoms with Crippen molar-refractivity contribution >= 4 is 0 Å². The van der Waals surface area contributed by atoms with Gasteiger partial charge < -0.3 is 5.11 Å². The van der Waals surface area contributed by atoms with Gasteiger partial charge in [-0.3, -0.25) is 9.88 Å². The van der Waals surface area contributed by atoms with E-state index in [-0.39, 0.29) is 6.10 Å². The van der Waals surface area contributed by atoms with Crippen molar-refractivity contribution < 1.29 is 5.11 Å². The first-order valence-electron chi connectivity index (χ1n) is 4.86. The molecular formula is C11H18N2O. The Morgan fingerprint density at radius 2 is 2.29 bits per heavy atom. The number of aromatic nitrogens is 1. The molecule has 14 heavy (non-hydrogen) atoms. The lowest BCUT2D eigenvalue weighted by Crippen LogP contribution is -2.27. The van der Waals surface area contributed by atoms with E-state index in [9.17, 15) is 5.11 Å². The van der Waals surface area contributed by atoms with Crippen LogP contribution in [0.2, 0.25) is 0 Å². The predicted molar refractivity (Wildman–Crippen MR) is 57.0 cm³/mol. The first-order chi connectivity index (χ1) is 6.59. The molecule has 0 fully saturated rings. The van der Waals surface area contributed by atoms with Crippen LogP contribution in [-0.2, 0) is 6.54 Å². The largest absolute Gasteiger partial charge is 0.392 e. The molecule has 0 aliphatic rings. The molecule has 1 unspecified atom stereocenters. The molecular weight excluding hydrogens is 176 g/mol. The summed E-state index contributed by atoms with van der Waals surface area (Å²) < 4.78 is 0. The van der Waals surface area contributed by atoms with E-state index in [1.54, 1.807) is 13.1 Å². The summed E-state index contributed by atoms with van der Waals surface area (Å²) in [5, 5.41) is 9.21. The third-order valence-electron chi connectivity index (χ3n) is 2.11. The van der Waals surface area contributed by atoms with E-state index < -0.39 is 0 Å². The van der Waals surface area contributed by atoms with E-state index >= 15 is 0 Å². The van der Waals surface area contributed by atoms with Gasteiger partial charge in [0.05, 0.1) is 11.8 Å². The van der Waals surface area contributed by atoms with Crippen LogP contribution in [0.15, 0.2) is 18.3 Å². The van der Waals surface area contributed by atoms with Gasteiger partial charge in [-0.1, -0.05) is 6.07 Å². The van der Waals surface area contributed by atoms with Crippen LogP contribution in [0.5, 0.6) is 0 Å². The highest BCUT2D eigenvalue weighted by molar-refractivity contribution is 5.17. The minimum absolute atomic E-state index is 0.288. The number of aliphatic hydroxyl groups is 1. The number of hydrogen-bond donors (Lipinski definition) is 1. The fourth-order valence-electron chi connectivity index (χ4n) is 1.46. The molecule has 0 saturated carbocycles. The molecule has 1 aromatic rings. The number of pyridine rings is 1. The van der Waals surface area contributed by atoms with Gasteiger partial charge in [-0.25, -0.2) is 0 Å². The maximum Gasteiger partial charge on any atom is 0.0639 e. The summed E-state index contributed by atoms with van der Waals surface area (Å²) in [7, 11) is 1.99. The Labute approximate surface area is 85.4 Å². The molecule has 1 N–H and O–H groups in total. The van der Waals surface area contributed by atoms with Crippen LogP contribution in [0.25, 0.3) is 0 Å².